The third kappa shape index (κ3) is 13.0. The van der Waals surface area contributed by atoms with Crippen molar-refractivity contribution in [2.75, 3.05) is 20.2 Å². The molecule has 1 saturated heterocycles. The summed E-state index contributed by atoms with van der Waals surface area (Å²) >= 11 is 16.7. The zero-order chi connectivity index (χ0) is 25.8. The molecule has 3 N–H and O–H groups in total. The Balaban J connectivity index is 0.00000184. The van der Waals surface area contributed by atoms with Crippen molar-refractivity contribution in [1.82, 2.24) is 21.1 Å². The molecule has 3 amide bonds. The van der Waals surface area contributed by atoms with Crippen LogP contribution in [0.3, 0.4) is 0 Å². The lowest BCUT2D eigenvalue weighted by Crippen LogP contribution is -2.60. The Bertz CT molecular complexity index is 696. The molecule has 33 heavy (non-hydrogen) atoms. The molecule has 3 unspecified atom stereocenters. The van der Waals surface area contributed by atoms with Gasteiger partial charge in [-0.15, -0.1) is 0 Å². The summed E-state index contributed by atoms with van der Waals surface area (Å²) in [7, 11) is 1.79. The number of amides is 3. The Kier molecular flexibility index (Phi) is 14.6. The number of carbonyl (C=O) groups excluding carboxylic acids is 4. The normalized spacial score (nSPS) is 17.6. The first-order valence-corrected chi connectivity index (χ1v) is 11.6. The number of ether oxygens (including phenoxy) is 1. The average molecular weight is 531 g/mol. The van der Waals surface area contributed by atoms with E-state index in [1.807, 2.05) is 13.8 Å². The molecule has 0 saturated carbocycles. The summed E-state index contributed by atoms with van der Waals surface area (Å²) in [6.07, 6.45) is 1.44. The van der Waals surface area contributed by atoms with Crippen molar-refractivity contribution in [3.8, 4) is 0 Å². The summed E-state index contributed by atoms with van der Waals surface area (Å²) in [6.45, 7) is 8.95. The van der Waals surface area contributed by atoms with Gasteiger partial charge in [-0.2, -0.15) is 0 Å². The predicted molar refractivity (Wildman–Crippen MR) is 129 cm³/mol. The van der Waals surface area contributed by atoms with Crippen LogP contribution in [0.4, 0.5) is 0 Å². The summed E-state index contributed by atoms with van der Waals surface area (Å²) in [5.74, 6) is -1.70. The Morgan fingerprint density at radius 1 is 1.24 bits per heavy atom. The van der Waals surface area contributed by atoms with E-state index >= 15 is 0 Å². The van der Waals surface area contributed by atoms with Gasteiger partial charge in [-0.1, -0.05) is 48.7 Å². The van der Waals surface area contributed by atoms with Gasteiger partial charge in [0.2, 0.25) is 16.1 Å². The van der Waals surface area contributed by atoms with Crippen LogP contribution in [0.15, 0.2) is 4.99 Å². The minimum Gasteiger partial charge on any atom is -0.460 e. The first-order valence-electron chi connectivity index (χ1n) is 10.4. The van der Waals surface area contributed by atoms with Crippen LogP contribution < -0.4 is 16.1 Å². The number of aliphatic imine (C=N–C) groups is 1. The third-order valence-corrected chi connectivity index (χ3v) is 4.82. The van der Waals surface area contributed by atoms with E-state index in [0.717, 1.165) is 5.71 Å². The van der Waals surface area contributed by atoms with Crippen LogP contribution in [-0.2, 0) is 23.9 Å². The molecule has 10 nitrogen and oxygen atoms in total. The zero-order valence-corrected chi connectivity index (χ0v) is 22.1. The number of alkyl halides is 3. The van der Waals surface area contributed by atoms with Crippen molar-refractivity contribution in [3.05, 3.63) is 0 Å². The molecule has 0 bridgehead atoms. The minimum absolute atomic E-state index is 0.155. The molecule has 0 aromatic rings. The monoisotopic (exact) mass is 529 g/mol. The summed E-state index contributed by atoms with van der Waals surface area (Å²) in [5.41, 5.74) is 3.91. The maximum atomic E-state index is 12.6. The fourth-order valence-corrected chi connectivity index (χ4v) is 2.78. The summed E-state index contributed by atoms with van der Waals surface area (Å²) in [5, 5.41) is 6.26. The Morgan fingerprint density at radius 3 is 2.27 bits per heavy atom. The van der Waals surface area contributed by atoms with Gasteiger partial charge < -0.3 is 15.4 Å². The molecule has 1 fully saturated rings. The van der Waals surface area contributed by atoms with Crippen LogP contribution in [0.1, 0.15) is 47.5 Å². The highest BCUT2D eigenvalue weighted by Crippen LogP contribution is 2.26. The van der Waals surface area contributed by atoms with Crippen LogP contribution in [0.25, 0.3) is 0 Å². The number of hydrazine groups is 1. The number of halogens is 3. The van der Waals surface area contributed by atoms with Gasteiger partial charge in [0, 0.05) is 19.3 Å². The van der Waals surface area contributed by atoms with Crippen molar-refractivity contribution in [2.45, 2.75) is 69.4 Å². The number of nitrogens with one attached hydrogen (secondary N) is 3. The number of hydrogen-bond acceptors (Lipinski definition) is 7. The van der Waals surface area contributed by atoms with Gasteiger partial charge in [0.25, 0.3) is 5.91 Å². The Morgan fingerprint density at radius 2 is 1.82 bits per heavy atom. The van der Waals surface area contributed by atoms with E-state index in [2.05, 4.69) is 21.1 Å². The van der Waals surface area contributed by atoms with E-state index in [1.165, 1.54) is 11.9 Å². The molecule has 0 aliphatic carbocycles. The fraction of sp³-hybridized carbons (Fsp3) is 0.750. The van der Waals surface area contributed by atoms with Crippen molar-refractivity contribution in [1.29, 1.82) is 0 Å². The van der Waals surface area contributed by atoms with E-state index in [0.29, 0.717) is 25.8 Å². The van der Waals surface area contributed by atoms with E-state index in [1.54, 1.807) is 20.9 Å². The molecular weight excluding hydrogens is 497 g/mol. The molecule has 13 heteroatoms. The van der Waals surface area contributed by atoms with Crippen LogP contribution in [-0.4, -0.2) is 77.0 Å². The third-order valence-electron chi connectivity index (χ3n) is 4.49. The Hall–Kier alpha value is -1.62. The lowest BCUT2D eigenvalue weighted by molar-refractivity contribution is -0.152. The number of carbonyl (C=O) groups is 4. The van der Waals surface area contributed by atoms with Gasteiger partial charge in [-0.25, -0.2) is 5.43 Å². The number of rotatable bonds is 8. The second-order valence-electron chi connectivity index (χ2n) is 7.94. The molecule has 1 rings (SSSR count). The second kappa shape index (κ2) is 15.3. The maximum absolute atomic E-state index is 12.6. The maximum Gasteiger partial charge on any atom is 0.325 e. The lowest BCUT2D eigenvalue weighted by Gasteiger charge is -2.34. The van der Waals surface area contributed by atoms with Crippen LogP contribution in [0.2, 0.25) is 0 Å². The smallest absolute Gasteiger partial charge is 0.325 e. The fourth-order valence-electron chi connectivity index (χ4n) is 2.61. The predicted octanol–water partition coefficient (Wildman–Crippen LogP) is 1.77. The van der Waals surface area contributed by atoms with Gasteiger partial charge in [0.05, 0.1) is 0 Å². The van der Waals surface area contributed by atoms with Crippen molar-refractivity contribution < 1.29 is 23.9 Å². The van der Waals surface area contributed by atoms with E-state index < -0.39 is 46.3 Å². The van der Waals surface area contributed by atoms with Crippen molar-refractivity contribution >= 4 is 64.7 Å². The van der Waals surface area contributed by atoms with Gasteiger partial charge in [-0.3, -0.25) is 29.2 Å². The van der Waals surface area contributed by atoms with Crippen molar-refractivity contribution in [3.63, 3.8) is 0 Å². The number of hydrogen-bond donors (Lipinski definition) is 3. The summed E-state index contributed by atoms with van der Waals surface area (Å²) < 4.78 is 3.22. The van der Waals surface area contributed by atoms with E-state index in [9.17, 15) is 19.2 Å². The quantitative estimate of drug-likeness (QED) is 0.190. The van der Waals surface area contributed by atoms with Crippen LogP contribution in [0, 0.1) is 5.92 Å². The minimum atomic E-state index is -1.72. The zero-order valence-electron chi connectivity index (χ0n) is 19.8. The second-order valence-corrected chi connectivity index (χ2v) is 10.5. The van der Waals surface area contributed by atoms with Gasteiger partial charge in [0.1, 0.15) is 24.7 Å². The lowest BCUT2D eigenvalue weighted by atomic mass is 10.0. The highest BCUT2D eigenvalue weighted by molar-refractivity contribution is 6.67. The molecule has 0 aromatic heterocycles. The SMILES string of the molecule is CC(NC(=O)C(NC=O)C(C)C)C(=O)N1CCCC(C(=O)OCC(Cl)(Cl)Cl)N1.CN=C(C)C. The first kappa shape index (κ1) is 31.4. The van der Waals surface area contributed by atoms with Crippen LogP contribution in [0.5, 0.6) is 0 Å². The highest BCUT2D eigenvalue weighted by Gasteiger charge is 2.33. The topological polar surface area (TPSA) is 129 Å². The van der Waals surface area contributed by atoms with Crippen LogP contribution >= 0.6 is 34.8 Å². The highest BCUT2D eigenvalue weighted by atomic mass is 35.6. The molecule has 1 heterocycles. The van der Waals surface area contributed by atoms with E-state index in [4.69, 9.17) is 39.5 Å². The van der Waals surface area contributed by atoms with Gasteiger partial charge in [-0.05, 0) is 39.5 Å². The largest absolute Gasteiger partial charge is 0.460 e. The molecule has 190 valence electrons. The molecule has 1 aliphatic rings. The number of esters is 1. The summed E-state index contributed by atoms with van der Waals surface area (Å²) in [6, 6.07) is -2.40. The number of nitrogens with zero attached hydrogens (tertiary/aromatic N) is 2. The average Bonchev–Trinajstić information content (AvgIpc) is 2.74. The molecule has 0 spiro atoms. The molecule has 3 atom stereocenters. The molecule has 1 aliphatic heterocycles. The van der Waals surface area contributed by atoms with Gasteiger partial charge >= 0.3 is 5.97 Å². The standard InChI is InChI=1S/C16H25Cl3N4O5.C4H9N/c1-9(2)12(20-8-24)13(25)21-10(3)14(26)23-6-4-5-11(22-23)15(27)28-7-16(17,18)19;1-4(2)5-3/h8-12,22H,4-7H2,1-3H3,(H,20,24)(H,21,25);1-3H3. The first-order chi connectivity index (χ1) is 15.2. The van der Waals surface area contributed by atoms with E-state index in [-0.39, 0.29) is 5.92 Å². The van der Waals surface area contributed by atoms with Gasteiger partial charge in [0.15, 0.2) is 0 Å². The molecule has 0 aromatic carbocycles. The molecule has 0 radical (unpaired) electrons. The molecular formula is C20H34Cl3N5O5. The summed E-state index contributed by atoms with van der Waals surface area (Å²) in [4.78, 5) is 51.5. The Labute approximate surface area is 210 Å². The van der Waals surface area contributed by atoms with Crippen molar-refractivity contribution in [2.24, 2.45) is 10.9 Å².